The molecule has 11 saturated heterocycles. The summed E-state index contributed by atoms with van der Waals surface area (Å²) in [6.45, 7) is -9.09. The Kier molecular flexibility index (Phi) is 39.7. The van der Waals surface area contributed by atoms with Crippen molar-refractivity contribution in [2.24, 2.45) is 0 Å². The van der Waals surface area contributed by atoms with E-state index in [1.165, 1.54) is 0 Å². The van der Waals surface area contributed by atoms with Gasteiger partial charge in [0.1, 0.15) is 268 Å². The second-order valence-electron chi connectivity index (χ2n) is 33.8. The number of aliphatic hydroxyl groups is 31. The maximum atomic E-state index is 13.4. The number of hydrogen-bond acceptors (Lipinski definition) is 56. The van der Waals surface area contributed by atoms with Gasteiger partial charge in [0.2, 0.25) is 23.6 Å². The third-order valence-corrected chi connectivity index (χ3v) is 24.6. The Bertz CT molecular complexity index is 3650. The highest BCUT2D eigenvalue weighted by atomic mass is 16.8. The third kappa shape index (κ3) is 24.0. The van der Waals surface area contributed by atoms with Gasteiger partial charge in [-0.1, -0.05) is 0 Å². The van der Waals surface area contributed by atoms with Crippen LogP contribution in [0.5, 0.6) is 0 Å². The molecule has 0 aliphatic carbocycles. The number of carbonyl (C=O) groups is 4. The van der Waals surface area contributed by atoms with E-state index in [9.17, 15) is 177 Å². The van der Waals surface area contributed by atoms with Crippen LogP contribution in [0, 0.1) is 0 Å². The van der Waals surface area contributed by atoms with Crippen molar-refractivity contribution in [3.05, 3.63) is 0 Å². The lowest BCUT2D eigenvalue weighted by Gasteiger charge is -2.51. The van der Waals surface area contributed by atoms with E-state index < -0.39 is 434 Å². The van der Waals surface area contributed by atoms with Crippen molar-refractivity contribution in [2.75, 3.05) is 72.7 Å². The molecule has 0 saturated carbocycles. The Hall–Kier alpha value is -4.20. The molecular weight excluding hydrogens is 1840 g/mol. The minimum atomic E-state index is -2.68. The number of hydrogen-bond donors (Lipinski definition) is 35. The standard InChI is InChI=1S/C74H124N4O56/c1-16(89)75-31-44(102)55(28(13-87)115-64(31)113)126-65-32(76-17(2)90)45(103)56(29(14-88)124-65)127-72-54(112)61(132-74-63(49(107)38(96)23(8-82)123-74)134-67-34(78-19(4)92)58(40(98)25(10-84)117-67)129-71-53(111)60(42(100)27(12-86)121-71)131-69-51(109)47(105)36(94)21(6-80)119-69)43(101)30(125-72)15-114-73-62(48(106)37(95)22(7-81)122-73)133-66-33(77-18(3)91)57(39(97)24(9-83)116-66)128-70-52(110)59(41(99)26(11-85)120-70)130-68-50(108)46(104)35(93)20(5-79)118-68/h20-74,79-88,93-113H,5-15H2,1-4H3,(H,75,89)(H,76,90)(H,77,91)(H,78,92)/t20-,21-,22-,23-,24-,25-,26-,27-,28-,29-,30-,31-,32-,33-,34-,35+,36+,37-,38-,39-,40-,41+,42+,43-,44-,45-,46+,47+,48+,49+,50-,51-,52-,53-,54+,55-,56-,57-,58-,59+,60+,61+,62+,63+,64?,65+,66+,67+,68-,69-,70+,71+,72+,73+,74-/m1/s1. The lowest BCUT2D eigenvalue weighted by atomic mass is 9.93. The number of nitrogens with one attached hydrogen (secondary N) is 4. The summed E-state index contributed by atoms with van der Waals surface area (Å²) in [6.07, 6.45) is -111. The molecule has 0 spiro atoms. The van der Waals surface area contributed by atoms with Crippen LogP contribution in [0.25, 0.3) is 0 Å². The summed E-state index contributed by atoms with van der Waals surface area (Å²) in [5.74, 6) is -3.90. The maximum Gasteiger partial charge on any atom is 0.217 e. The molecule has 0 aromatic rings. The van der Waals surface area contributed by atoms with Crippen LogP contribution in [0.1, 0.15) is 27.7 Å². The fourth-order valence-corrected chi connectivity index (χ4v) is 17.4. The van der Waals surface area contributed by atoms with E-state index in [4.69, 9.17) is 99.5 Å². The zero-order chi connectivity index (χ0) is 98.5. The molecular formula is C74H124N4O56. The molecule has 4 amide bonds. The number of aliphatic hydroxyl groups excluding tert-OH is 31. The average molecular weight is 1970 g/mol. The Morgan fingerprint density at radius 1 is 0.194 bits per heavy atom. The summed E-state index contributed by atoms with van der Waals surface area (Å²) in [5, 5.41) is 357. The highest BCUT2D eigenvalue weighted by molar-refractivity contribution is 5.74. The van der Waals surface area contributed by atoms with Crippen LogP contribution in [0.15, 0.2) is 0 Å². The van der Waals surface area contributed by atoms with E-state index in [0.717, 1.165) is 27.7 Å². The van der Waals surface area contributed by atoms with Crippen molar-refractivity contribution in [1.29, 1.82) is 0 Å². The second-order valence-corrected chi connectivity index (χ2v) is 33.8. The minimum absolute atomic E-state index is 0.820. The number of ether oxygens (including phenoxy) is 21. The molecule has 134 heavy (non-hydrogen) atoms. The molecule has 1 unspecified atom stereocenters. The van der Waals surface area contributed by atoms with Gasteiger partial charge >= 0.3 is 0 Å². The van der Waals surface area contributed by atoms with Crippen LogP contribution in [-0.4, -0.2) is 592 Å². The van der Waals surface area contributed by atoms with Crippen LogP contribution in [0.4, 0.5) is 0 Å². The molecule has 11 aliphatic heterocycles. The molecule has 0 radical (unpaired) electrons. The van der Waals surface area contributed by atoms with Crippen molar-refractivity contribution in [2.45, 2.75) is 365 Å². The van der Waals surface area contributed by atoms with Gasteiger partial charge in [-0.3, -0.25) is 19.2 Å². The van der Waals surface area contributed by atoms with Crippen LogP contribution in [-0.2, 0) is 119 Å². The van der Waals surface area contributed by atoms with Crippen LogP contribution in [0.2, 0.25) is 0 Å². The fraction of sp³-hybridized carbons (Fsp3) is 0.946. The van der Waals surface area contributed by atoms with Gasteiger partial charge < -0.3 is 279 Å². The van der Waals surface area contributed by atoms with E-state index in [0.29, 0.717) is 0 Å². The largest absolute Gasteiger partial charge is 0.394 e. The zero-order valence-electron chi connectivity index (χ0n) is 71.6. The minimum Gasteiger partial charge on any atom is -0.394 e. The smallest absolute Gasteiger partial charge is 0.217 e. The maximum absolute atomic E-state index is 13.4. The summed E-state index contributed by atoms with van der Waals surface area (Å²) >= 11 is 0. The van der Waals surface area contributed by atoms with Crippen molar-refractivity contribution in [3.63, 3.8) is 0 Å². The van der Waals surface area contributed by atoms with E-state index in [-0.39, 0.29) is 0 Å². The molecule has 0 aromatic carbocycles. The molecule has 60 heteroatoms. The first-order valence-corrected chi connectivity index (χ1v) is 42.7. The van der Waals surface area contributed by atoms with Gasteiger partial charge in [0.05, 0.1) is 72.7 Å². The highest BCUT2D eigenvalue weighted by Crippen LogP contribution is 2.42. The van der Waals surface area contributed by atoms with Crippen LogP contribution < -0.4 is 21.3 Å². The predicted octanol–water partition coefficient (Wildman–Crippen LogP) is -24.4. The third-order valence-electron chi connectivity index (χ3n) is 24.6. The van der Waals surface area contributed by atoms with Crippen molar-refractivity contribution in [3.8, 4) is 0 Å². The topological polar surface area (TPSA) is 937 Å². The summed E-state index contributed by atoms with van der Waals surface area (Å²) in [5.41, 5.74) is 0. The van der Waals surface area contributed by atoms with Gasteiger partial charge in [-0.15, -0.1) is 0 Å². The monoisotopic (exact) mass is 1960 g/mol. The van der Waals surface area contributed by atoms with Gasteiger partial charge in [-0.05, 0) is 0 Å². The van der Waals surface area contributed by atoms with E-state index in [2.05, 4.69) is 21.3 Å². The molecule has 11 aliphatic rings. The Balaban J connectivity index is 0.928. The molecule has 776 valence electrons. The van der Waals surface area contributed by atoms with Gasteiger partial charge in [0, 0.05) is 27.7 Å². The summed E-state index contributed by atoms with van der Waals surface area (Å²) in [4.78, 5) is 52.1. The first-order chi connectivity index (χ1) is 63.5. The quantitative estimate of drug-likeness (QED) is 0.0280. The highest BCUT2D eigenvalue weighted by Gasteiger charge is 2.63. The Morgan fingerprint density at radius 2 is 0.418 bits per heavy atom. The molecule has 60 nitrogen and oxygen atoms in total. The van der Waals surface area contributed by atoms with Crippen molar-refractivity contribution >= 4 is 23.6 Å². The van der Waals surface area contributed by atoms with Gasteiger partial charge in [-0.25, -0.2) is 0 Å². The van der Waals surface area contributed by atoms with Gasteiger partial charge in [-0.2, -0.15) is 0 Å². The Labute approximate surface area is 757 Å². The van der Waals surface area contributed by atoms with E-state index in [1.807, 2.05) is 0 Å². The molecule has 11 rings (SSSR count). The predicted molar refractivity (Wildman–Crippen MR) is 409 cm³/mol. The fourth-order valence-electron chi connectivity index (χ4n) is 17.4. The number of amides is 4. The first-order valence-electron chi connectivity index (χ1n) is 42.7. The molecule has 0 aromatic heterocycles. The summed E-state index contributed by atoms with van der Waals surface area (Å²) in [6, 6.07) is -7.84. The Morgan fingerprint density at radius 3 is 0.784 bits per heavy atom. The van der Waals surface area contributed by atoms with Crippen LogP contribution in [0.3, 0.4) is 0 Å². The second kappa shape index (κ2) is 48.3. The first kappa shape index (κ1) is 110. The van der Waals surface area contributed by atoms with Crippen LogP contribution >= 0.6 is 0 Å². The number of rotatable bonds is 35. The number of carbonyl (C=O) groups excluding carboxylic acids is 4. The molecule has 0 bridgehead atoms. The SMILES string of the molecule is CC(=O)N[C@H]1[C@H](O[C@H]2[C@H](O)[C@@H](NC(C)=O)C(O)O[C@@H]2CO)O[C@H](CO)[C@@H](O[C@@H]2O[C@H](CO[C@H]3O[C@H](CO)[C@@H](O)[C@H](O)[C@@H]3O[C@@H]3O[C@H](CO)[C@@H](O)[C@H](O[C@@H]4O[C@H](CO)[C@H](O)[C@H](O[C@H]5O[C@H](CO)[C@H](O)[C@H](O)[C@H]5O)[C@H]4O)[C@H]3NC(C)=O)[C@@H](O)[C@H](O[C@H]3O[C@H](CO)[C@@H](O)[C@H](O)[C@@H]3O[C@@H]3O[C@H](CO)[C@@H](O)[C@H](O[C@@H]4O[C@H](CO)[C@H](O)[C@H](O[C@H]5O[C@H](CO)[C@H](O)[C@H](O)[C@H]5O)[C@H]4O)[C@H]3NC(C)=O)[C@@H]2O)[C@@H]1O. The van der Waals surface area contributed by atoms with Crippen molar-refractivity contribution < 1.29 is 277 Å². The molecule has 11 heterocycles. The van der Waals surface area contributed by atoms with Gasteiger partial charge in [0.25, 0.3) is 0 Å². The molecule has 11 fully saturated rings. The summed E-state index contributed by atoms with van der Waals surface area (Å²) in [7, 11) is 0. The van der Waals surface area contributed by atoms with Crippen molar-refractivity contribution in [1.82, 2.24) is 21.3 Å². The lowest BCUT2D eigenvalue weighted by molar-refractivity contribution is -0.400. The molecule has 35 N–H and O–H groups in total. The van der Waals surface area contributed by atoms with E-state index >= 15 is 0 Å². The van der Waals surface area contributed by atoms with Gasteiger partial charge in [0.15, 0.2) is 69.2 Å². The summed E-state index contributed by atoms with van der Waals surface area (Å²) < 4.78 is 125. The zero-order valence-corrected chi connectivity index (χ0v) is 71.6. The van der Waals surface area contributed by atoms with E-state index in [1.54, 1.807) is 0 Å². The molecule has 55 atom stereocenters. The lowest BCUT2D eigenvalue weighted by Crippen LogP contribution is -2.71. The normalized spacial score (nSPS) is 49.8. The average Bonchev–Trinajstić information content (AvgIpc) is 0.764.